The van der Waals surface area contributed by atoms with Crippen molar-refractivity contribution in [2.75, 3.05) is 20.7 Å². The molecular weight excluding hydrogens is 386 g/mol. The lowest BCUT2D eigenvalue weighted by molar-refractivity contribution is -0.141. The number of nitrogens with one attached hydrogen (secondary N) is 2. The highest BCUT2D eigenvalue weighted by Crippen LogP contribution is 2.54. The quantitative estimate of drug-likeness (QED) is 0.633. The molecule has 1 aromatic rings. The molecule has 4 rings (SSSR count). The summed E-state index contributed by atoms with van der Waals surface area (Å²) in [6, 6.07) is 6.48. The van der Waals surface area contributed by atoms with Crippen LogP contribution in [-0.4, -0.2) is 61.1 Å². The van der Waals surface area contributed by atoms with Crippen LogP contribution in [0.4, 0.5) is 0 Å². The predicted molar refractivity (Wildman–Crippen MR) is 108 cm³/mol. The van der Waals surface area contributed by atoms with Gasteiger partial charge in [-0.3, -0.25) is 14.4 Å². The standard InChI is InChI=1S/C22H25N3O5/c1-4-11-25-18(20(27)24-12-13-5-7-14(29-3)8-6-13)22-10-9-15(30-22)16(19(26)23-2)17(22)21(25)28/h4-10,15-18H,1,11-12H2,2-3H3,(H,23,26)(H,24,27)/t15-,16+,17+,18-,22+/m1/s1. The predicted octanol–water partition coefficient (Wildman–Crippen LogP) is 0.394. The summed E-state index contributed by atoms with van der Waals surface area (Å²) in [5.74, 6) is -1.51. The Morgan fingerprint density at radius 2 is 2.03 bits per heavy atom. The number of hydrogen-bond donors (Lipinski definition) is 2. The van der Waals surface area contributed by atoms with Crippen molar-refractivity contribution in [1.82, 2.24) is 15.5 Å². The molecule has 5 atom stereocenters. The van der Waals surface area contributed by atoms with Crippen molar-refractivity contribution < 1.29 is 23.9 Å². The van der Waals surface area contributed by atoms with Gasteiger partial charge in [0.25, 0.3) is 0 Å². The zero-order valence-electron chi connectivity index (χ0n) is 17.0. The van der Waals surface area contributed by atoms with Crippen LogP contribution in [0.2, 0.25) is 0 Å². The van der Waals surface area contributed by atoms with Crippen molar-refractivity contribution in [2.45, 2.75) is 24.3 Å². The average molecular weight is 411 g/mol. The number of fused-ring (bicyclic) bond motifs is 1. The number of likely N-dealkylation sites (tertiary alicyclic amines) is 1. The topological polar surface area (TPSA) is 97.0 Å². The van der Waals surface area contributed by atoms with Gasteiger partial charge >= 0.3 is 0 Å². The number of rotatable bonds is 7. The first-order valence-electron chi connectivity index (χ1n) is 9.87. The van der Waals surface area contributed by atoms with Crippen molar-refractivity contribution in [3.8, 4) is 5.75 Å². The van der Waals surface area contributed by atoms with Gasteiger partial charge in [0.05, 0.1) is 25.0 Å². The number of carbonyl (C=O) groups excluding carboxylic acids is 3. The maximum atomic E-state index is 13.3. The number of carbonyl (C=O) groups is 3. The molecule has 0 aromatic heterocycles. The summed E-state index contributed by atoms with van der Waals surface area (Å²) < 4.78 is 11.3. The molecule has 1 spiro atoms. The van der Waals surface area contributed by atoms with Crippen molar-refractivity contribution in [3.05, 3.63) is 54.6 Å². The van der Waals surface area contributed by atoms with E-state index < -0.39 is 29.6 Å². The average Bonchev–Trinajstić information content (AvgIpc) is 3.40. The van der Waals surface area contributed by atoms with Crippen LogP contribution < -0.4 is 15.4 Å². The molecule has 30 heavy (non-hydrogen) atoms. The fourth-order valence-corrected chi connectivity index (χ4v) is 4.80. The Balaban J connectivity index is 1.59. The minimum Gasteiger partial charge on any atom is -0.497 e. The smallest absolute Gasteiger partial charge is 0.246 e. The second-order valence-electron chi connectivity index (χ2n) is 7.66. The molecular formula is C22H25N3O5. The Hall–Kier alpha value is -3.13. The largest absolute Gasteiger partial charge is 0.497 e. The van der Waals surface area contributed by atoms with Crippen molar-refractivity contribution in [3.63, 3.8) is 0 Å². The molecule has 2 fully saturated rings. The lowest BCUT2D eigenvalue weighted by Crippen LogP contribution is -2.54. The monoisotopic (exact) mass is 411 g/mol. The highest BCUT2D eigenvalue weighted by Gasteiger charge is 2.72. The van der Waals surface area contributed by atoms with E-state index in [1.165, 1.54) is 11.9 Å². The highest BCUT2D eigenvalue weighted by molar-refractivity contribution is 5.99. The Morgan fingerprint density at radius 3 is 2.67 bits per heavy atom. The van der Waals surface area contributed by atoms with Gasteiger partial charge in [0.15, 0.2) is 0 Å². The number of benzene rings is 1. The molecule has 3 aliphatic heterocycles. The molecule has 158 valence electrons. The SMILES string of the molecule is C=CCN1C(=O)[C@@H]2[C@@H](C(=O)NC)[C@H]3C=C[C@@]2(O3)[C@H]1C(=O)NCc1ccc(OC)cc1. The fourth-order valence-electron chi connectivity index (χ4n) is 4.80. The zero-order valence-corrected chi connectivity index (χ0v) is 17.0. The Bertz CT molecular complexity index is 912. The van der Waals surface area contributed by atoms with Crippen LogP contribution in [0, 0.1) is 11.8 Å². The number of ether oxygens (including phenoxy) is 2. The van der Waals surface area contributed by atoms with E-state index in [2.05, 4.69) is 17.2 Å². The number of nitrogens with zero attached hydrogens (tertiary/aromatic N) is 1. The Kier molecular flexibility index (Phi) is 5.11. The minimum atomic E-state index is -1.15. The zero-order chi connectivity index (χ0) is 21.5. The normalized spacial score (nSPS) is 30.9. The first-order valence-corrected chi connectivity index (χ1v) is 9.87. The van der Waals surface area contributed by atoms with Gasteiger partial charge in [0, 0.05) is 20.1 Å². The van der Waals surface area contributed by atoms with E-state index in [4.69, 9.17) is 9.47 Å². The molecule has 3 amide bonds. The van der Waals surface area contributed by atoms with Crippen molar-refractivity contribution in [2.24, 2.45) is 11.8 Å². The third-order valence-corrected chi connectivity index (χ3v) is 6.12. The molecule has 0 saturated carbocycles. The maximum Gasteiger partial charge on any atom is 0.246 e. The molecule has 8 nitrogen and oxygen atoms in total. The summed E-state index contributed by atoms with van der Waals surface area (Å²) in [5.41, 5.74) is -0.250. The molecule has 3 heterocycles. The fraction of sp³-hybridized carbons (Fsp3) is 0.409. The van der Waals surface area contributed by atoms with E-state index in [1.807, 2.05) is 24.3 Å². The third kappa shape index (κ3) is 2.90. The van der Waals surface area contributed by atoms with Crippen molar-refractivity contribution in [1.29, 1.82) is 0 Å². The molecule has 3 aliphatic rings. The molecule has 0 unspecified atom stereocenters. The van der Waals surface area contributed by atoms with E-state index in [-0.39, 0.29) is 24.3 Å². The minimum absolute atomic E-state index is 0.194. The van der Waals surface area contributed by atoms with Crippen LogP contribution in [-0.2, 0) is 25.7 Å². The lowest BCUT2D eigenvalue weighted by Gasteiger charge is -2.31. The number of hydrogen-bond acceptors (Lipinski definition) is 5. The summed E-state index contributed by atoms with van der Waals surface area (Å²) in [6.07, 6.45) is 4.62. The van der Waals surface area contributed by atoms with Gasteiger partial charge in [-0.2, -0.15) is 0 Å². The van der Waals surface area contributed by atoms with E-state index >= 15 is 0 Å². The van der Waals surface area contributed by atoms with Crippen LogP contribution in [0.5, 0.6) is 5.75 Å². The first kappa shape index (κ1) is 20.2. The molecule has 0 radical (unpaired) electrons. The van der Waals surface area contributed by atoms with Gasteiger partial charge < -0.3 is 25.0 Å². The summed E-state index contributed by atoms with van der Waals surface area (Å²) >= 11 is 0. The molecule has 2 N–H and O–H groups in total. The van der Waals surface area contributed by atoms with E-state index in [1.54, 1.807) is 25.3 Å². The molecule has 8 heteroatoms. The number of methoxy groups -OCH3 is 1. The first-order chi connectivity index (χ1) is 14.5. The summed E-state index contributed by atoms with van der Waals surface area (Å²) in [6.45, 7) is 4.20. The molecule has 1 aromatic carbocycles. The van der Waals surface area contributed by atoms with E-state index in [0.29, 0.717) is 6.54 Å². The van der Waals surface area contributed by atoms with Crippen LogP contribution in [0.15, 0.2) is 49.1 Å². The van der Waals surface area contributed by atoms with Crippen LogP contribution >= 0.6 is 0 Å². The summed E-state index contributed by atoms with van der Waals surface area (Å²) in [4.78, 5) is 40.4. The molecule has 2 saturated heterocycles. The second-order valence-corrected chi connectivity index (χ2v) is 7.66. The molecule has 2 bridgehead atoms. The van der Waals surface area contributed by atoms with Gasteiger partial charge in [-0.05, 0) is 17.7 Å². The van der Waals surface area contributed by atoms with Gasteiger partial charge in [-0.25, -0.2) is 0 Å². The van der Waals surface area contributed by atoms with Gasteiger partial charge in [-0.15, -0.1) is 6.58 Å². The van der Waals surface area contributed by atoms with Crippen LogP contribution in [0.1, 0.15) is 5.56 Å². The van der Waals surface area contributed by atoms with Crippen LogP contribution in [0.25, 0.3) is 0 Å². The van der Waals surface area contributed by atoms with Gasteiger partial charge in [0.2, 0.25) is 17.7 Å². The number of amides is 3. The van der Waals surface area contributed by atoms with Gasteiger partial charge in [-0.1, -0.05) is 30.4 Å². The Labute approximate surface area is 174 Å². The van der Waals surface area contributed by atoms with Crippen molar-refractivity contribution >= 4 is 17.7 Å². The van der Waals surface area contributed by atoms with Gasteiger partial charge in [0.1, 0.15) is 17.4 Å². The van der Waals surface area contributed by atoms with Crippen LogP contribution in [0.3, 0.4) is 0 Å². The molecule has 0 aliphatic carbocycles. The third-order valence-electron chi connectivity index (χ3n) is 6.12. The Morgan fingerprint density at radius 1 is 1.30 bits per heavy atom. The maximum absolute atomic E-state index is 13.3. The lowest BCUT2D eigenvalue weighted by atomic mass is 9.74. The highest BCUT2D eigenvalue weighted by atomic mass is 16.5. The summed E-state index contributed by atoms with van der Waals surface area (Å²) in [7, 11) is 3.12. The summed E-state index contributed by atoms with van der Waals surface area (Å²) in [5, 5.41) is 5.53. The van der Waals surface area contributed by atoms with E-state index in [9.17, 15) is 14.4 Å². The van der Waals surface area contributed by atoms with E-state index in [0.717, 1.165) is 11.3 Å². The second kappa shape index (κ2) is 7.60.